The van der Waals surface area contributed by atoms with Crippen molar-refractivity contribution in [3.05, 3.63) is 54.1 Å². The zero-order valence-corrected chi connectivity index (χ0v) is 43.0. The number of nitrogens with one attached hydrogen (secondary N) is 8. The van der Waals surface area contributed by atoms with Crippen molar-refractivity contribution in [2.45, 2.75) is 154 Å². The minimum Gasteiger partial charge on any atom is -0.394 e. The molecule has 0 saturated heterocycles. The minimum atomic E-state index is -1.31. The first-order valence-electron chi connectivity index (χ1n) is 25.0. The summed E-state index contributed by atoms with van der Waals surface area (Å²) in [5.74, 6) is -5.59. The van der Waals surface area contributed by atoms with Crippen molar-refractivity contribution in [1.82, 2.24) is 47.2 Å². The normalized spacial score (nSPS) is 14.8. The Kier molecular flexibility index (Phi) is 28.8. The molecule has 0 spiro atoms. The van der Waals surface area contributed by atoms with Crippen LogP contribution in [-0.2, 0) is 46.4 Å². The van der Waals surface area contributed by atoms with Gasteiger partial charge in [-0.25, -0.2) is 4.98 Å². The lowest BCUT2D eigenvalue weighted by Gasteiger charge is -2.30. The third kappa shape index (κ3) is 24.4. The van der Waals surface area contributed by atoms with Crippen LogP contribution in [0.3, 0.4) is 0 Å². The highest BCUT2D eigenvalue weighted by Crippen LogP contribution is 2.14. The maximum atomic E-state index is 14.4. The number of aromatic nitrogens is 2. The summed E-state index contributed by atoms with van der Waals surface area (Å²) >= 11 is 0. The molecule has 0 unspecified atom stereocenters. The number of hydrogen-bond donors (Lipinski definition) is 15. The number of amides is 7. The summed E-state index contributed by atoms with van der Waals surface area (Å²) < 4.78 is 0. The molecule has 1 aromatic heterocycles. The molecule has 0 fully saturated rings. The van der Waals surface area contributed by atoms with Crippen molar-refractivity contribution in [2.24, 2.45) is 56.2 Å². The Hall–Kier alpha value is -6.86. The number of aliphatic hydroxyl groups is 1. The van der Waals surface area contributed by atoms with E-state index in [1.54, 1.807) is 6.92 Å². The van der Waals surface area contributed by atoms with E-state index >= 15 is 0 Å². The Balaban J connectivity index is 2.40. The Morgan fingerprint density at radius 2 is 1.16 bits per heavy atom. The largest absolute Gasteiger partial charge is 0.394 e. The maximum absolute atomic E-state index is 14.4. The van der Waals surface area contributed by atoms with Gasteiger partial charge < -0.3 is 81.7 Å². The summed E-state index contributed by atoms with van der Waals surface area (Å²) in [5, 5.41) is 29.4. The van der Waals surface area contributed by atoms with Crippen LogP contribution in [0.5, 0.6) is 0 Å². The molecule has 408 valence electrons. The van der Waals surface area contributed by atoms with Crippen LogP contribution < -0.4 is 71.6 Å². The molecule has 1 heterocycles. The molecule has 0 bridgehead atoms. The number of carbonyl (C=O) groups excluding carboxylic acids is 7. The van der Waals surface area contributed by atoms with E-state index in [-0.39, 0.29) is 88.4 Å². The van der Waals surface area contributed by atoms with Gasteiger partial charge in [-0.1, -0.05) is 64.4 Å². The number of aliphatic hydroxyl groups excluding tert-OH is 1. The highest BCUT2D eigenvalue weighted by Gasteiger charge is 2.35. The molecule has 0 saturated carbocycles. The van der Waals surface area contributed by atoms with Gasteiger partial charge in [0.15, 0.2) is 11.9 Å². The van der Waals surface area contributed by atoms with Gasteiger partial charge in [-0.2, -0.15) is 0 Å². The lowest BCUT2D eigenvalue weighted by molar-refractivity contribution is -0.136. The molecule has 25 heteroatoms. The van der Waals surface area contributed by atoms with Crippen LogP contribution in [0.15, 0.2) is 52.8 Å². The summed E-state index contributed by atoms with van der Waals surface area (Å²) in [6, 6.07) is 0.546. The van der Waals surface area contributed by atoms with E-state index in [1.807, 2.05) is 51.1 Å². The Morgan fingerprint density at radius 1 is 0.644 bits per heavy atom. The van der Waals surface area contributed by atoms with E-state index in [9.17, 15) is 38.7 Å². The molecular weight excluding hydrogens is 943 g/mol. The van der Waals surface area contributed by atoms with E-state index in [2.05, 4.69) is 57.2 Å². The van der Waals surface area contributed by atoms with Crippen LogP contribution in [0.25, 0.3) is 0 Å². The lowest BCUT2D eigenvalue weighted by atomic mass is 9.96. The summed E-state index contributed by atoms with van der Waals surface area (Å²) in [6.45, 7) is 8.94. The molecule has 25 nitrogen and oxygen atoms in total. The van der Waals surface area contributed by atoms with Gasteiger partial charge in [0.2, 0.25) is 41.4 Å². The zero-order chi connectivity index (χ0) is 54.5. The Labute approximate surface area is 428 Å². The molecule has 73 heavy (non-hydrogen) atoms. The van der Waals surface area contributed by atoms with Gasteiger partial charge in [-0.05, 0) is 88.7 Å². The molecule has 0 aliphatic rings. The fourth-order valence-electron chi connectivity index (χ4n) is 7.54. The number of aromatic amines is 1. The van der Waals surface area contributed by atoms with Crippen molar-refractivity contribution in [3.63, 3.8) is 0 Å². The van der Waals surface area contributed by atoms with E-state index in [0.29, 0.717) is 37.9 Å². The number of carbonyl (C=O) groups is 7. The van der Waals surface area contributed by atoms with Crippen LogP contribution in [-0.4, -0.2) is 143 Å². The fraction of sp³-hybridized carbons (Fsp3) is 0.625. The second-order valence-corrected chi connectivity index (χ2v) is 18.6. The summed E-state index contributed by atoms with van der Waals surface area (Å²) in [4.78, 5) is 112. The quantitative estimate of drug-likeness (QED) is 0.0189. The topological polar surface area (TPSA) is 433 Å². The number of hydrogen-bond acceptors (Lipinski definition) is 13. The monoisotopic (exact) mass is 1030 g/mol. The minimum absolute atomic E-state index is 0.0200. The Morgan fingerprint density at radius 3 is 1.64 bits per heavy atom. The number of imidazole rings is 1. The molecule has 9 atom stereocenters. The molecule has 0 radical (unpaired) electrons. The lowest BCUT2D eigenvalue weighted by Crippen LogP contribution is -2.60. The Bertz CT molecular complexity index is 2070. The molecule has 21 N–H and O–H groups in total. The van der Waals surface area contributed by atoms with Crippen LogP contribution in [0.2, 0.25) is 0 Å². The second-order valence-electron chi connectivity index (χ2n) is 18.6. The van der Waals surface area contributed by atoms with Gasteiger partial charge in [0.1, 0.15) is 36.3 Å². The summed E-state index contributed by atoms with van der Waals surface area (Å²) in [5.41, 5.74) is 35.5. The number of H-pyrrole nitrogens is 1. The van der Waals surface area contributed by atoms with Crippen LogP contribution in [0.1, 0.15) is 104 Å². The van der Waals surface area contributed by atoms with Gasteiger partial charge in [-0.3, -0.25) is 43.5 Å². The predicted octanol–water partition coefficient (Wildman–Crippen LogP) is -2.74. The van der Waals surface area contributed by atoms with Gasteiger partial charge in [-0.15, -0.1) is 0 Å². The molecule has 2 aromatic rings. The number of benzene rings is 1. The van der Waals surface area contributed by atoms with Gasteiger partial charge >= 0.3 is 0 Å². The summed E-state index contributed by atoms with van der Waals surface area (Å²) in [6.07, 6.45) is 5.48. The molecule has 2 rings (SSSR count). The second kappa shape index (κ2) is 33.7. The number of aliphatic imine (C=N–C) groups is 2. The van der Waals surface area contributed by atoms with Gasteiger partial charge in [0, 0.05) is 31.4 Å². The first kappa shape index (κ1) is 62.3. The number of unbranched alkanes of at least 4 members (excludes halogenated alkanes) is 1. The zero-order valence-electron chi connectivity index (χ0n) is 43.0. The van der Waals surface area contributed by atoms with Crippen molar-refractivity contribution in [1.29, 1.82) is 0 Å². The third-order valence-electron chi connectivity index (χ3n) is 11.8. The highest BCUT2D eigenvalue weighted by atomic mass is 16.3. The van der Waals surface area contributed by atoms with Crippen LogP contribution in [0, 0.1) is 11.8 Å². The first-order valence-corrected chi connectivity index (χ1v) is 25.0. The van der Waals surface area contributed by atoms with E-state index in [1.165, 1.54) is 19.4 Å². The van der Waals surface area contributed by atoms with Crippen molar-refractivity contribution < 1.29 is 38.7 Å². The van der Waals surface area contributed by atoms with E-state index in [0.717, 1.165) is 5.56 Å². The van der Waals surface area contributed by atoms with E-state index < -0.39 is 89.7 Å². The molecule has 0 aliphatic heterocycles. The van der Waals surface area contributed by atoms with Crippen LogP contribution >= 0.6 is 0 Å². The van der Waals surface area contributed by atoms with E-state index in [4.69, 9.17) is 34.4 Å². The van der Waals surface area contributed by atoms with Gasteiger partial charge in [0.25, 0.3) is 0 Å². The van der Waals surface area contributed by atoms with Crippen molar-refractivity contribution in [3.8, 4) is 0 Å². The fourth-order valence-corrected chi connectivity index (χ4v) is 7.54. The van der Waals surface area contributed by atoms with Crippen molar-refractivity contribution in [2.75, 3.05) is 26.2 Å². The molecule has 7 amide bonds. The average Bonchev–Trinajstić information content (AvgIpc) is 3.86. The maximum Gasteiger partial charge on any atom is 0.243 e. The third-order valence-corrected chi connectivity index (χ3v) is 11.8. The standard InChI is InChI=1S/C48H83N17O8/c1-6-29(4)39(46(73)60-33(26-66)23-31-14-8-7-9-15-31)65-45(72)38(22-28(2)3)64-44(71)37(18-13-21-57-48(53)54)63-43(70)36(17-12-20-56-47(51)52)62-42(69)35(16-10-11-19-49)61-40(67)30(5)59-41(68)34(50)24-32-25-55-27-58-32/h7-9,14-15,25,27-30,33-39,66H,6,10-13,16-24,26,49-50H2,1-5H3,(H,55,58)(H,59,68)(H,60,73)(H,61,67)(H,62,69)(H,63,70)(H,64,71)(H,65,72)(H4,51,52,56)(H4,53,54,57)/t29-,30-,33-,34-,35-,36-,37-,38-,39-/m0/s1. The molecule has 1 aromatic carbocycles. The molecule has 0 aliphatic carbocycles. The number of nitrogens with two attached hydrogens (primary N) is 6. The van der Waals surface area contributed by atoms with Gasteiger partial charge in [0.05, 0.1) is 25.0 Å². The SMILES string of the molecule is CC[C@H](C)[C@H](NC(=O)[C@H](CC(C)C)NC(=O)[C@H](CCCN=C(N)N)NC(=O)[C@H](CCCN=C(N)N)NC(=O)[C@H](CCCCN)NC(=O)[C@H](C)NC(=O)[C@@H](N)Cc1cnc[nH]1)C(=O)N[C@H](CO)Cc1ccccc1. The average molecular weight is 1030 g/mol. The number of rotatable bonds is 35. The van der Waals surface area contributed by atoms with Crippen molar-refractivity contribution >= 4 is 53.3 Å². The predicted molar refractivity (Wildman–Crippen MR) is 278 cm³/mol. The number of nitrogens with zero attached hydrogens (tertiary/aromatic N) is 3. The summed E-state index contributed by atoms with van der Waals surface area (Å²) in [7, 11) is 0. The smallest absolute Gasteiger partial charge is 0.243 e. The first-order chi connectivity index (χ1) is 34.7. The van der Waals surface area contributed by atoms with Crippen LogP contribution in [0.4, 0.5) is 0 Å². The molecular formula is C48H83N17O8. The number of guanidine groups is 2. The highest BCUT2D eigenvalue weighted by molar-refractivity contribution is 5.97.